The number of piperidine rings is 1. The number of para-hydroxylation sites is 1. The van der Waals surface area contributed by atoms with E-state index in [1.54, 1.807) is 24.3 Å². The number of anilines is 1. The molecule has 1 aromatic carbocycles. The largest absolute Gasteiger partial charge is 0.439 e. The van der Waals surface area contributed by atoms with Crippen molar-refractivity contribution in [3.05, 3.63) is 65.7 Å². The van der Waals surface area contributed by atoms with E-state index in [0.29, 0.717) is 40.9 Å². The SMILES string of the molecule is Cc1ccc(S(=O)(=O)N2CCCC(C(=O)Nc3ccc(Oc4ccccc4)nc3)C2)s1. The summed E-state index contributed by atoms with van der Waals surface area (Å²) in [6.07, 6.45) is 2.82. The lowest BCUT2D eigenvalue weighted by Gasteiger charge is -2.30. The van der Waals surface area contributed by atoms with Crippen LogP contribution in [-0.4, -0.2) is 36.7 Å². The van der Waals surface area contributed by atoms with Crippen molar-refractivity contribution in [2.45, 2.75) is 24.0 Å². The van der Waals surface area contributed by atoms with Crippen LogP contribution in [0.5, 0.6) is 11.6 Å². The lowest BCUT2D eigenvalue weighted by molar-refractivity contribution is -0.120. The van der Waals surface area contributed by atoms with Crippen LogP contribution in [0.4, 0.5) is 5.69 Å². The zero-order valence-corrected chi connectivity index (χ0v) is 18.7. The fraction of sp³-hybridized carbons (Fsp3) is 0.273. The molecule has 9 heteroatoms. The number of nitrogens with one attached hydrogen (secondary N) is 1. The number of carbonyl (C=O) groups excluding carboxylic acids is 1. The maximum absolute atomic E-state index is 12.9. The van der Waals surface area contributed by atoms with Gasteiger partial charge in [-0.2, -0.15) is 4.31 Å². The maximum atomic E-state index is 12.9. The Morgan fingerprint density at radius 2 is 1.97 bits per heavy atom. The molecule has 1 amide bonds. The van der Waals surface area contributed by atoms with E-state index in [1.165, 1.54) is 21.8 Å². The van der Waals surface area contributed by atoms with Crippen LogP contribution in [0.2, 0.25) is 0 Å². The van der Waals surface area contributed by atoms with Crippen molar-refractivity contribution in [2.24, 2.45) is 5.92 Å². The van der Waals surface area contributed by atoms with E-state index < -0.39 is 15.9 Å². The number of benzene rings is 1. The third-order valence-electron chi connectivity index (χ3n) is 5.03. The predicted octanol–water partition coefficient (Wildman–Crippen LogP) is 4.28. The average Bonchev–Trinajstić information content (AvgIpc) is 3.23. The molecule has 0 bridgehead atoms. The minimum absolute atomic E-state index is 0.174. The Labute approximate surface area is 185 Å². The fourth-order valence-electron chi connectivity index (χ4n) is 3.42. The average molecular weight is 458 g/mol. The molecule has 1 N–H and O–H groups in total. The molecule has 0 spiro atoms. The first kappa shape index (κ1) is 21.5. The Morgan fingerprint density at radius 1 is 1.16 bits per heavy atom. The minimum atomic E-state index is -3.57. The van der Waals surface area contributed by atoms with E-state index in [0.717, 1.165) is 4.88 Å². The summed E-state index contributed by atoms with van der Waals surface area (Å²) in [6.45, 7) is 2.48. The molecule has 31 heavy (non-hydrogen) atoms. The van der Waals surface area contributed by atoms with Gasteiger partial charge in [-0.15, -0.1) is 11.3 Å². The fourth-order valence-corrected chi connectivity index (χ4v) is 6.38. The number of hydrogen-bond acceptors (Lipinski definition) is 6. The van der Waals surface area contributed by atoms with E-state index in [9.17, 15) is 13.2 Å². The van der Waals surface area contributed by atoms with Crippen molar-refractivity contribution in [1.82, 2.24) is 9.29 Å². The molecular formula is C22H23N3O4S2. The van der Waals surface area contributed by atoms with E-state index in [1.807, 2.05) is 37.3 Å². The second-order valence-electron chi connectivity index (χ2n) is 7.36. The van der Waals surface area contributed by atoms with Gasteiger partial charge in [0.25, 0.3) is 10.0 Å². The normalized spacial score (nSPS) is 17.3. The molecule has 1 aliphatic rings. The van der Waals surface area contributed by atoms with Gasteiger partial charge in [-0.1, -0.05) is 18.2 Å². The highest BCUT2D eigenvalue weighted by molar-refractivity contribution is 7.91. The first-order valence-corrected chi connectivity index (χ1v) is 12.2. The van der Waals surface area contributed by atoms with Crippen molar-refractivity contribution in [2.75, 3.05) is 18.4 Å². The van der Waals surface area contributed by atoms with Crippen LogP contribution in [-0.2, 0) is 14.8 Å². The number of pyridine rings is 1. The second kappa shape index (κ2) is 9.17. The summed E-state index contributed by atoms with van der Waals surface area (Å²) >= 11 is 1.25. The Hall–Kier alpha value is -2.75. The number of ether oxygens (including phenoxy) is 1. The highest BCUT2D eigenvalue weighted by atomic mass is 32.2. The number of amides is 1. The van der Waals surface area contributed by atoms with Gasteiger partial charge in [0.15, 0.2) is 0 Å². The number of aryl methyl sites for hydroxylation is 1. The van der Waals surface area contributed by atoms with Gasteiger partial charge in [-0.05, 0) is 50.1 Å². The van der Waals surface area contributed by atoms with Crippen molar-refractivity contribution in [3.8, 4) is 11.6 Å². The molecule has 4 rings (SSSR count). The molecule has 1 saturated heterocycles. The van der Waals surface area contributed by atoms with Crippen LogP contribution in [0.25, 0.3) is 0 Å². The van der Waals surface area contributed by atoms with E-state index >= 15 is 0 Å². The minimum Gasteiger partial charge on any atom is -0.439 e. The molecule has 1 aliphatic heterocycles. The summed E-state index contributed by atoms with van der Waals surface area (Å²) in [7, 11) is -3.57. The Morgan fingerprint density at radius 3 is 2.65 bits per heavy atom. The van der Waals surface area contributed by atoms with Gasteiger partial charge in [0.05, 0.1) is 17.8 Å². The van der Waals surface area contributed by atoms with Crippen molar-refractivity contribution < 1.29 is 17.9 Å². The predicted molar refractivity (Wildman–Crippen MR) is 120 cm³/mol. The number of carbonyl (C=O) groups is 1. The molecule has 3 heterocycles. The number of sulfonamides is 1. The van der Waals surface area contributed by atoms with Gasteiger partial charge in [0, 0.05) is 24.0 Å². The van der Waals surface area contributed by atoms with Crippen LogP contribution in [0, 0.1) is 12.8 Å². The molecule has 1 fully saturated rings. The van der Waals surface area contributed by atoms with Crippen molar-refractivity contribution in [3.63, 3.8) is 0 Å². The topological polar surface area (TPSA) is 88.6 Å². The molecular weight excluding hydrogens is 434 g/mol. The number of aromatic nitrogens is 1. The standard InChI is InChI=1S/C22H23N3O4S2/c1-16-9-12-21(30-16)31(27,28)25-13-5-6-17(15-25)22(26)24-18-10-11-20(23-14-18)29-19-7-3-2-4-8-19/h2-4,7-12,14,17H,5-6,13,15H2,1H3,(H,24,26). The van der Waals surface area contributed by atoms with Crippen LogP contribution in [0.3, 0.4) is 0 Å². The molecule has 1 atom stereocenters. The smallest absolute Gasteiger partial charge is 0.252 e. The van der Waals surface area contributed by atoms with Crippen LogP contribution < -0.4 is 10.1 Å². The maximum Gasteiger partial charge on any atom is 0.252 e. The van der Waals surface area contributed by atoms with Gasteiger partial charge < -0.3 is 10.1 Å². The third-order valence-corrected chi connectivity index (χ3v) is 8.37. The van der Waals surface area contributed by atoms with Gasteiger partial charge >= 0.3 is 0 Å². The zero-order valence-electron chi connectivity index (χ0n) is 17.0. The summed E-state index contributed by atoms with van der Waals surface area (Å²) in [5.41, 5.74) is 0.541. The highest BCUT2D eigenvalue weighted by Gasteiger charge is 2.34. The number of hydrogen-bond donors (Lipinski definition) is 1. The lowest BCUT2D eigenvalue weighted by Crippen LogP contribution is -2.43. The second-order valence-corrected chi connectivity index (χ2v) is 10.8. The van der Waals surface area contributed by atoms with Gasteiger partial charge in [-0.25, -0.2) is 13.4 Å². The van der Waals surface area contributed by atoms with E-state index in [-0.39, 0.29) is 12.5 Å². The third kappa shape index (κ3) is 5.12. The number of nitrogens with zero attached hydrogens (tertiary/aromatic N) is 2. The number of rotatable bonds is 6. The summed E-state index contributed by atoms with van der Waals surface area (Å²) in [4.78, 5) is 17.9. The van der Waals surface area contributed by atoms with Crippen molar-refractivity contribution >= 4 is 33.0 Å². The first-order chi connectivity index (χ1) is 14.9. The van der Waals surface area contributed by atoms with Crippen LogP contribution in [0.1, 0.15) is 17.7 Å². The Bertz CT molecular complexity index is 1150. The zero-order chi connectivity index (χ0) is 21.8. The number of thiophene rings is 1. The van der Waals surface area contributed by atoms with Gasteiger partial charge in [0.2, 0.25) is 11.8 Å². The van der Waals surface area contributed by atoms with Gasteiger partial charge in [-0.3, -0.25) is 4.79 Å². The summed E-state index contributed by atoms with van der Waals surface area (Å²) in [5, 5.41) is 2.84. The van der Waals surface area contributed by atoms with Crippen LogP contribution in [0.15, 0.2) is 65.0 Å². The van der Waals surface area contributed by atoms with Crippen LogP contribution >= 0.6 is 11.3 Å². The molecule has 0 saturated carbocycles. The van der Waals surface area contributed by atoms with E-state index in [2.05, 4.69) is 10.3 Å². The van der Waals surface area contributed by atoms with E-state index in [4.69, 9.17) is 4.74 Å². The molecule has 0 aliphatic carbocycles. The summed E-state index contributed by atoms with van der Waals surface area (Å²) in [5.74, 6) is 0.479. The van der Waals surface area contributed by atoms with Gasteiger partial charge in [0.1, 0.15) is 9.96 Å². The quantitative estimate of drug-likeness (QED) is 0.597. The molecule has 7 nitrogen and oxygen atoms in total. The molecule has 1 unspecified atom stereocenters. The Kier molecular flexibility index (Phi) is 6.35. The monoisotopic (exact) mass is 457 g/mol. The Balaban J connectivity index is 1.38. The highest BCUT2D eigenvalue weighted by Crippen LogP contribution is 2.29. The summed E-state index contributed by atoms with van der Waals surface area (Å²) < 4.78 is 33.2. The molecule has 3 aromatic rings. The lowest BCUT2D eigenvalue weighted by atomic mass is 9.99. The molecule has 162 valence electrons. The summed E-state index contributed by atoms with van der Waals surface area (Å²) in [6, 6.07) is 16.1. The molecule has 0 radical (unpaired) electrons. The molecule has 2 aromatic heterocycles. The van der Waals surface area contributed by atoms with Crippen molar-refractivity contribution in [1.29, 1.82) is 0 Å². The first-order valence-electron chi connectivity index (χ1n) is 9.98.